The van der Waals surface area contributed by atoms with Crippen molar-refractivity contribution in [3.63, 3.8) is 0 Å². The lowest BCUT2D eigenvalue weighted by atomic mass is 9.99. The molecule has 2 fully saturated rings. The third-order valence-electron chi connectivity index (χ3n) is 10.6. The van der Waals surface area contributed by atoms with Gasteiger partial charge in [0.15, 0.2) is 17.0 Å². The van der Waals surface area contributed by atoms with Crippen LogP contribution in [0.4, 0.5) is 27.0 Å². The fourth-order valence-electron chi connectivity index (χ4n) is 7.00. The van der Waals surface area contributed by atoms with Crippen molar-refractivity contribution >= 4 is 85.0 Å². The molecule has 4 aliphatic rings. The molecule has 0 radical (unpaired) electrons. The van der Waals surface area contributed by atoms with Gasteiger partial charge in [-0.3, -0.25) is 29.8 Å². The van der Waals surface area contributed by atoms with E-state index < -0.39 is 35.0 Å². The van der Waals surface area contributed by atoms with Crippen molar-refractivity contribution in [2.24, 2.45) is 0 Å². The van der Waals surface area contributed by atoms with E-state index in [-0.39, 0.29) is 54.5 Å². The molecule has 7 heterocycles. The molecule has 0 bridgehead atoms. The average Bonchev–Trinajstić information content (AvgIpc) is 4.02. The Bertz CT molecular complexity index is 3090. The number of carbonyl (C=O) groups is 6. The Hall–Kier alpha value is -8.81. The van der Waals surface area contributed by atoms with E-state index in [4.69, 9.17) is 42.9 Å². The predicted molar refractivity (Wildman–Crippen MR) is 261 cm³/mol. The number of rotatable bonds is 7. The summed E-state index contributed by atoms with van der Waals surface area (Å²) in [6.07, 6.45) is 5.41. The van der Waals surface area contributed by atoms with Crippen molar-refractivity contribution in [2.45, 2.75) is 24.2 Å². The molecule has 0 saturated carbocycles. The van der Waals surface area contributed by atoms with Crippen molar-refractivity contribution < 1.29 is 53.2 Å². The molecule has 2 aromatic carbocycles. The van der Waals surface area contributed by atoms with Crippen molar-refractivity contribution in [3.8, 4) is 52.9 Å². The fraction of sp³-hybridized carbons (Fsp3) is 0.196. The molecule has 9 rings (SSSR count). The number of nitrogens with zero attached hydrogens (tertiary/aromatic N) is 5. The van der Waals surface area contributed by atoms with Gasteiger partial charge < -0.3 is 62.1 Å². The van der Waals surface area contributed by atoms with Crippen molar-refractivity contribution in [2.75, 3.05) is 51.6 Å². The molecule has 5 aromatic rings. The summed E-state index contributed by atoms with van der Waals surface area (Å²) < 4.78 is 16.2. The molecule has 8 amide bonds. The summed E-state index contributed by atoms with van der Waals surface area (Å²) in [6, 6.07) is 18.1. The highest BCUT2D eigenvalue weighted by Gasteiger charge is 2.49. The minimum absolute atomic E-state index is 0.0518. The van der Waals surface area contributed by atoms with Gasteiger partial charge in [-0.1, -0.05) is 24.0 Å². The molecular weight excluding hydrogens is 1060 g/mol. The smallest absolute Gasteiger partial charge is 0.323 e. The molecule has 0 aliphatic carbocycles. The zero-order valence-corrected chi connectivity index (χ0v) is 40.8. The molecule has 366 valence electrons. The SMILES string of the molecule is C#C[C@]1(CN2Cc3ccc(OC)cc3C2=O)NC(=O)NC1=O.COc1ccc(N)nc1Br.COc1ccc2c(c1)C(=O)N(C[C@@]1(C#Cc3nc(N)ccc3O)NC(=O)NC1=O)C2.Nc1ccc(O)c(Br)n1. The van der Waals surface area contributed by atoms with Crippen molar-refractivity contribution in [1.29, 1.82) is 0 Å². The summed E-state index contributed by atoms with van der Waals surface area (Å²) in [4.78, 5) is 87.4. The van der Waals surface area contributed by atoms with Gasteiger partial charge in [0.05, 0.1) is 34.4 Å². The van der Waals surface area contributed by atoms with E-state index >= 15 is 0 Å². The highest BCUT2D eigenvalue weighted by atomic mass is 79.9. The number of urea groups is 2. The van der Waals surface area contributed by atoms with Crippen LogP contribution in [0.3, 0.4) is 0 Å². The number of imide groups is 2. The van der Waals surface area contributed by atoms with E-state index in [1.165, 1.54) is 48.3 Å². The number of amides is 8. The van der Waals surface area contributed by atoms with E-state index in [1.807, 2.05) is 0 Å². The number of hydrogen-bond donors (Lipinski definition) is 9. The Morgan fingerprint density at radius 3 is 1.55 bits per heavy atom. The molecule has 2 saturated heterocycles. The highest BCUT2D eigenvalue weighted by Crippen LogP contribution is 2.31. The van der Waals surface area contributed by atoms with Crippen LogP contribution in [0.1, 0.15) is 37.5 Å². The highest BCUT2D eigenvalue weighted by molar-refractivity contribution is 9.10. The summed E-state index contributed by atoms with van der Waals surface area (Å²) in [5.41, 5.74) is 15.5. The molecular formula is C46H42Br2N12O11. The van der Waals surface area contributed by atoms with Gasteiger partial charge in [0.2, 0.25) is 5.54 Å². The van der Waals surface area contributed by atoms with Gasteiger partial charge in [0, 0.05) is 24.2 Å². The maximum absolute atomic E-state index is 12.9. The van der Waals surface area contributed by atoms with Gasteiger partial charge in [-0.2, -0.15) is 0 Å². The summed E-state index contributed by atoms with van der Waals surface area (Å²) >= 11 is 6.20. The number of nitrogens with two attached hydrogens (primary N) is 3. The zero-order valence-electron chi connectivity index (χ0n) is 37.6. The van der Waals surface area contributed by atoms with Gasteiger partial charge in [-0.25, -0.2) is 24.5 Å². The molecule has 25 heteroatoms. The first kappa shape index (κ1) is 51.6. The first-order valence-corrected chi connectivity index (χ1v) is 22.1. The number of fused-ring (bicyclic) bond motifs is 2. The molecule has 0 unspecified atom stereocenters. The van der Waals surface area contributed by atoms with Crippen molar-refractivity contribution in [1.82, 2.24) is 46.0 Å². The monoisotopic (exact) mass is 1100 g/mol. The molecule has 23 nitrogen and oxygen atoms in total. The van der Waals surface area contributed by atoms with Crippen LogP contribution in [-0.2, 0) is 22.7 Å². The number of pyridine rings is 3. The number of anilines is 3. The second-order valence-electron chi connectivity index (χ2n) is 15.3. The molecule has 71 heavy (non-hydrogen) atoms. The Labute approximate surface area is 421 Å². The number of halogens is 2. The number of methoxy groups -OCH3 is 3. The minimum Gasteiger partial charge on any atom is -0.505 e. The van der Waals surface area contributed by atoms with Crippen LogP contribution in [0.5, 0.6) is 28.7 Å². The molecule has 12 N–H and O–H groups in total. The third kappa shape index (κ3) is 11.7. The molecule has 2 atom stereocenters. The van der Waals surface area contributed by atoms with Crippen LogP contribution >= 0.6 is 31.9 Å². The number of carbonyl (C=O) groups excluding carboxylic acids is 6. The normalized spacial score (nSPS) is 17.9. The number of hydrogen-bond acceptors (Lipinski definition) is 17. The summed E-state index contributed by atoms with van der Waals surface area (Å²) in [7, 11) is 4.60. The average molecular weight is 1100 g/mol. The number of aromatic hydroxyl groups is 2. The van der Waals surface area contributed by atoms with E-state index in [2.05, 4.69) is 85.8 Å². The van der Waals surface area contributed by atoms with Crippen LogP contribution in [-0.4, -0.2) is 116 Å². The molecule has 3 aromatic heterocycles. The van der Waals surface area contributed by atoms with Gasteiger partial charge in [0.25, 0.3) is 23.6 Å². The standard InChI is InChI=1S/C20H17N5O5.C15H13N3O4.C6H7BrN2O.C5H5BrN2O/c1-30-12-3-2-11-9-25(17(27)13(11)8-12)10-20(18(28)23-19(29)24-20)7-6-14-15(26)4-5-16(21)22-14;1-3-15(13(20)16-14(21)17-15)8-18-7-9-4-5-10(22-2)6-11(9)12(18)19;1-10-4-2-3-5(8)9-6(4)7;6-5-3(9)1-2-4(7)8-5/h2-5,8,26H,9-10H2,1H3,(H2,21,22)(H2,23,24,28,29);1,4-6H,7-8H2,2H3,(H2,16,17,20,21);2-3H,1H3,(H2,8,9);1-2,9H,(H2,7,8)/t20-;15-;;/m11../s1. The van der Waals surface area contributed by atoms with Gasteiger partial charge in [-0.15, -0.1) is 6.42 Å². The van der Waals surface area contributed by atoms with Crippen LogP contribution in [0.15, 0.2) is 82.0 Å². The quantitative estimate of drug-likeness (QED) is 0.0642. The summed E-state index contributed by atoms with van der Waals surface area (Å²) in [6.45, 7) is 0.282. The van der Waals surface area contributed by atoms with E-state index in [0.29, 0.717) is 55.8 Å². The fourth-order valence-corrected chi connectivity index (χ4v) is 7.83. The lowest BCUT2D eigenvalue weighted by Gasteiger charge is -2.26. The van der Waals surface area contributed by atoms with Crippen LogP contribution in [0.25, 0.3) is 0 Å². The Kier molecular flexibility index (Phi) is 15.7. The Morgan fingerprint density at radius 2 is 1.11 bits per heavy atom. The summed E-state index contributed by atoms with van der Waals surface area (Å²) in [5.74, 6) is 8.32. The third-order valence-corrected chi connectivity index (χ3v) is 11.7. The lowest BCUT2D eigenvalue weighted by molar-refractivity contribution is -0.123. The number of benzene rings is 2. The van der Waals surface area contributed by atoms with E-state index in [1.54, 1.807) is 55.6 Å². The minimum atomic E-state index is -1.71. The van der Waals surface area contributed by atoms with Gasteiger partial charge >= 0.3 is 12.1 Å². The topological polar surface area (TPSA) is 342 Å². The number of ether oxygens (including phenoxy) is 3. The number of terminal acetylenes is 1. The second-order valence-corrected chi connectivity index (χ2v) is 16.8. The lowest BCUT2D eigenvalue weighted by Crippen LogP contribution is -2.54. The van der Waals surface area contributed by atoms with E-state index in [9.17, 15) is 33.9 Å². The number of nitrogen functional groups attached to an aromatic ring is 3. The first-order valence-electron chi connectivity index (χ1n) is 20.5. The maximum atomic E-state index is 12.9. The molecule has 0 spiro atoms. The first-order chi connectivity index (χ1) is 33.7. The predicted octanol–water partition coefficient (Wildman–Crippen LogP) is 2.39. The van der Waals surface area contributed by atoms with Crippen LogP contribution < -0.4 is 52.7 Å². The Morgan fingerprint density at radius 1 is 0.648 bits per heavy atom. The largest absolute Gasteiger partial charge is 0.505 e. The van der Waals surface area contributed by atoms with E-state index in [0.717, 1.165) is 11.1 Å². The zero-order chi connectivity index (χ0) is 51.8. The van der Waals surface area contributed by atoms with Gasteiger partial charge in [-0.05, 0) is 110 Å². The van der Waals surface area contributed by atoms with Crippen LogP contribution in [0, 0.1) is 24.2 Å². The van der Waals surface area contributed by atoms with Gasteiger partial charge in [0.1, 0.15) is 49.7 Å². The second kappa shape index (κ2) is 21.6. The number of nitrogens with one attached hydrogen (secondary N) is 4. The number of aromatic nitrogens is 3. The van der Waals surface area contributed by atoms with Crippen molar-refractivity contribution in [3.05, 3.63) is 110 Å². The Balaban J connectivity index is 0.000000174. The maximum Gasteiger partial charge on any atom is 0.323 e. The summed E-state index contributed by atoms with van der Waals surface area (Å²) in [5, 5.41) is 27.9. The van der Waals surface area contributed by atoms with Crippen LogP contribution in [0.2, 0.25) is 0 Å². The molecule has 4 aliphatic heterocycles.